The summed E-state index contributed by atoms with van der Waals surface area (Å²) in [7, 11) is 0. The molecule has 3 aromatic carbocycles. The molecule has 0 aliphatic carbocycles. The van der Waals surface area contributed by atoms with Gasteiger partial charge in [-0.1, -0.05) is 68.9 Å². The fraction of sp³-hybridized carbons (Fsp3) is 0.171. The first kappa shape index (κ1) is 31.7. The molecule has 6 rings (SSSR count). The van der Waals surface area contributed by atoms with E-state index in [9.17, 15) is 15.2 Å². The molecule has 0 fully saturated rings. The molecule has 0 atom stereocenters. The molecule has 3 heterocycles. The minimum absolute atomic E-state index is 0.115. The Hall–Kier alpha value is -5.25. The summed E-state index contributed by atoms with van der Waals surface area (Å²) in [5, 5.41) is 38.9. The van der Waals surface area contributed by atoms with E-state index in [0.717, 1.165) is 43.0 Å². The molecule has 0 saturated heterocycles. The van der Waals surface area contributed by atoms with Gasteiger partial charge in [-0.3, -0.25) is 9.72 Å². The summed E-state index contributed by atoms with van der Waals surface area (Å²) in [6, 6.07) is 28.1. The topological polar surface area (TPSA) is 133 Å². The summed E-state index contributed by atoms with van der Waals surface area (Å²) in [6.07, 6.45) is 4.09. The van der Waals surface area contributed by atoms with Gasteiger partial charge >= 0.3 is 6.03 Å². The number of amides is 2. The van der Waals surface area contributed by atoms with Gasteiger partial charge in [0, 0.05) is 44.5 Å². The van der Waals surface area contributed by atoms with Gasteiger partial charge in [-0.2, -0.15) is 10.4 Å². The van der Waals surface area contributed by atoms with Crippen LogP contribution in [-0.2, 0) is 12.0 Å². The van der Waals surface area contributed by atoms with Crippen molar-refractivity contribution < 1.29 is 9.90 Å². The van der Waals surface area contributed by atoms with Gasteiger partial charge in [-0.05, 0) is 54.3 Å². The molecule has 3 N–H and O–H groups in total. The number of rotatable bonds is 8. The highest BCUT2D eigenvalue weighted by Crippen LogP contribution is 2.34. The van der Waals surface area contributed by atoms with Gasteiger partial charge < -0.3 is 10.4 Å². The van der Waals surface area contributed by atoms with Crippen molar-refractivity contribution in [2.75, 3.05) is 11.6 Å². The standard InChI is InChI=1S/C35H32N8O2S2/c1-35(2,3)30-18-32(43(41-30)24-13-15-27(44)23(17-24)19-36)38-34(45)37-20-22-9-5-7-11-28(22)47-25-14-16-31-39-40-33(42(31)21-25)26-10-6-8-12-29(26)46-4/h5-18,21,44H,20H2,1-4H3,(H2,37,38,45). The van der Waals surface area contributed by atoms with Crippen LogP contribution in [0.5, 0.6) is 5.75 Å². The number of carbonyl (C=O) groups is 1. The Morgan fingerprint density at radius 1 is 0.979 bits per heavy atom. The second kappa shape index (κ2) is 13.2. The second-order valence-electron chi connectivity index (χ2n) is 11.7. The molecule has 0 spiro atoms. The van der Waals surface area contributed by atoms with Crippen molar-refractivity contribution in [3.63, 3.8) is 0 Å². The number of phenolic OH excluding ortho intramolecular Hbond substituents is 1. The number of fused-ring (bicyclic) bond motifs is 1. The van der Waals surface area contributed by atoms with Crippen LogP contribution in [0.15, 0.2) is 106 Å². The zero-order valence-corrected chi connectivity index (χ0v) is 27.9. The number of nitriles is 1. The molecule has 12 heteroatoms. The molecule has 236 valence electrons. The molecular formula is C35H32N8O2S2. The van der Waals surface area contributed by atoms with Gasteiger partial charge in [0.15, 0.2) is 11.5 Å². The minimum Gasteiger partial charge on any atom is -0.507 e. The van der Waals surface area contributed by atoms with Crippen molar-refractivity contribution in [2.45, 2.75) is 47.4 Å². The number of anilines is 1. The van der Waals surface area contributed by atoms with Gasteiger partial charge in [0.05, 0.1) is 16.9 Å². The van der Waals surface area contributed by atoms with Crippen molar-refractivity contribution in [3.05, 3.63) is 108 Å². The molecule has 3 aromatic heterocycles. The lowest BCUT2D eigenvalue weighted by Gasteiger charge is -2.14. The average molecular weight is 661 g/mol. The fourth-order valence-electron chi connectivity index (χ4n) is 4.94. The van der Waals surface area contributed by atoms with E-state index in [0.29, 0.717) is 11.5 Å². The van der Waals surface area contributed by atoms with Crippen molar-refractivity contribution in [3.8, 4) is 28.9 Å². The van der Waals surface area contributed by atoms with Crippen LogP contribution in [0.4, 0.5) is 10.6 Å². The van der Waals surface area contributed by atoms with E-state index >= 15 is 0 Å². The minimum atomic E-state index is -0.409. The number of nitrogens with one attached hydrogen (secondary N) is 2. The lowest BCUT2D eigenvalue weighted by atomic mass is 9.92. The first-order valence-corrected chi connectivity index (χ1v) is 16.8. The Bertz CT molecular complexity index is 2140. The number of thioether (sulfide) groups is 1. The van der Waals surface area contributed by atoms with Crippen LogP contribution in [0.2, 0.25) is 0 Å². The number of pyridine rings is 1. The number of hydrogen-bond donors (Lipinski definition) is 3. The van der Waals surface area contributed by atoms with Crippen LogP contribution in [0.25, 0.3) is 22.7 Å². The summed E-state index contributed by atoms with van der Waals surface area (Å²) in [6.45, 7) is 6.37. The van der Waals surface area contributed by atoms with Crippen molar-refractivity contribution in [1.82, 2.24) is 29.7 Å². The van der Waals surface area contributed by atoms with Crippen molar-refractivity contribution in [1.29, 1.82) is 5.26 Å². The molecule has 0 saturated carbocycles. The molecule has 0 unspecified atom stereocenters. The number of urea groups is 1. The summed E-state index contributed by atoms with van der Waals surface area (Å²) < 4.78 is 3.57. The predicted molar refractivity (Wildman–Crippen MR) is 185 cm³/mol. The Labute approximate surface area is 280 Å². The summed E-state index contributed by atoms with van der Waals surface area (Å²) in [5.41, 5.74) is 3.85. The molecule has 0 aliphatic heterocycles. The van der Waals surface area contributed by atoms with Crippen LogP contribution < -0.4 is 10.6 Å². The van der Waals surface area contributed by atoms with E-state index in [-0.39, 0.29) is 23.3 Å². The molecular weight excluding hydrogens is 629 g/mol. The van der Waals surface area contributed by atoms with Crippen LogP contribution in [-0.4, -0.2) is 41.8 Å². The Morgan fingerprint density at radius 3 is 2.51 bits per heavy atom. The van der Waals surface area contributed by atoms with E-state index in [1.54, 1.807) is 34.3 Å². The van der Waals surface area contributed by atoms with E-state index in [2.05, 4.69) is 33.0 Å². The second-order valence-corrected chi connectivity index (χ2v) is 13.7. The number of carbonyl (C=O) groups excluding carboxylic acids is 1. The molecule has 0 aliphatic rings. The third-order valence-electron chi connectivity index (χ3n) is 7.43. The Morgan fingerprint density at radius 2 is 1.74 bits per heavy atom. The number of hydrogen-bond acceptors (Lipinski definition) is 8. The quantitative estimate of drug-likeness (QED) is 0.142. The summed E-state index contributed by atoms with van der Waals surface area (Å²) >= 11 is 3.27. The maximum absolute atomic E-state index is 13.2. The van der Waals surface area contributed by atoms with Crippen LogP contribution >= 0.6 is 23.5 Å². The zero-order valence-electron chi connectivity index (χ0n) is 26.2. The van der Waals surface area contributed by atoms with Gasteiger partial charge in [-0.25, -0.2) is 9.48 Å². The lowest BCUT2D eigenvalue weighted by molar-refractivity contribution is 0.251. The maximum atomic E-state index is 13.2. The van der Waals surface area contributed by atoms with Crippen LogP contribution in [0.1, 0.15) is 37.6 Å². The first-order chi connectivity index (χ1) is 22.6. The third-order valence-corrected chi connectivity index (χ3v) is 9.32. The lowest BCUT2D eigenvalue weighted by Crippen LogP contribution is -2.29. The van der Waals surface area contributed by atoms with Crippen LogP contribution in [0, 0.1) is 11.3 Å². The van der Waals surface area contributed by atoms with E-state index in [1.165, 1.54) is 12.1 Å². The summed E-state index contributed by atoms with van der Waals surface area (Å²) in [4.78, 5) is 16.4. The summed E-state index contributed by atoms with van der Waals surface area (Å²) in [5.74, 6) is 1.10. The van der Waals surface area contributed by atoms with Gasteiger partial charge in [-0.15, -0.1) is 22.0 Å². The maximum Gasteiger partial charge on any atom is 0.320 e. The van der Waals surface area contributed by atoms with Crippen molar-refractivity contribution in [2.24, 2.45) is 0 Å². The number of nitrogens with zero attached hydrogens (tertiary/aromatic N) is 6. The van der Waals surface area contributed by atoms with Gasteiger partial charge in [0.1, 0.15) is 17.6 Å². The molecule has 47 heavy (non-hydrogen) atoms. The highest BCUT2D eigenvalue weighted by Gasteiger charge is 2.22. The fourth-order valence-corrected chi connectivity index (χ4v) is 6.50. The van der Waals surface area contributed by atoms with Crippen LogP contribution in [0.3, 0.4) is 0 Å². The zero-order chi connectivity index (χ0) is 33.1. The normalized spacial score (nSPS) is 11.4. The Kier molecular flexibility index (Phi) is 8.93. The number of aromatic nitrogens is 5. The largest absolute Gasteiger partial charge is 0.507 e. The predicted octanol–water partition coefficient (Wildman–Crippen LogP) is 7.65. The number of phenols is 1. The number of benzene rings is 3. The van der Waals surface area contributed by atoms with E-state index in [1.807, 2.05) is 98.3 Å². The van der Waals surface area contributed by atoms with Gasteiger partial charge in [0.25, 0.3) is 0 Å². The van der Waals surface area contributed by atoms with Gasteiger partial charge in [0.2, 0.25) is 0 Å². The highest BCUT2D eigenvalue weighted by atomic mass is 32.2. The van der Waals surface area contributed by atoms with E-state index < -0.39 is 6.03 Å². The molecule has 10 nitrogen and oxygen atoms in total. The SMILES string of the molecule is CSc1ccccc1-c1nnc2ccc(Sc3ccccc3CNC(=O)Nc3cc(C(C)(C)C)nn3-c3ccc(O)c(C#N)c3)cn12. The first-order valence-electron chi connectivity index (χ1n) is 14.8. The average Bonchev–Trinajstić information content (AvgIpc) is 3.69. The Balaban J connectivity index is 1.21. The number of aromatic hydroxyl groups is 1. The highest BCUT2D eigenvalue weighted by molar-refractivity contribution is 7.99. The van der Waals surface area contributed by atoms with E-state index in [4.69, 9.17) is 5.10 Å². The molecule has 2 amide bonds. The molecule has 6 aromatic rings. The molecule has 0 bridgehead atoms. The molecule has 0 radical (unpaired) electrons. The van der Waals surface area contributed by atoms with Crippen molar-refractivity contribution >= 4 is 41.0 Å². The smallest absolute Gasteiger partial charge is 0.320 e. The monoisotopic (exact) mass is 660 g/mol. The third kappa shape index (κ3) is 6.82.